The second-order valence-corrected chi connectivity index (χ2v) is 5.59. The van der Waals surface area contributed by atoms with Gasteiger partial charge in [0, 0.05) is 20.1 Å². The zero-order chi connectivity index (χ0) is 18.1. The van der Waals surface area contributed by atoms with Crippen LogP contribution in [0.2, 0.25) is 0 Å². The molecule has 5 nitrogen and oxygen atoms in total. The Morgan fingerprint density at radius 2 is 1.58 bits per heavy atom. The molecule has 6 heteroatoms. The molecule has 2 aromatic carbocycles. The molecule has 2 aromatic rings. The van der Waals surface area contributed by atoms with Gasteiger partial charge in [-0.2, -0.15) is 0 Å². The Morgan fingerprint density at radius 3 is 2.19 bits per heavy atom. The molecule has 0 aliphatic rings. The fourth-order valence-corrected chi connectivity index (χ4v) is 2.65. The minimum atomic E-state index is 0. The number of nitrogens with zero attached hydrogens (tertiary/aromatic N) is 1. The third kappa shape index (κ3) is 6.09. The molecular weight excluding hydrogens is 441 g/mol. The number of guanidine groups is 1. The van der Waals surface area contributed by atoms with Gasteiger partial charge in [-0.1, -0.05) is 37.3 Å². The van der Waals surface area contributed by atoms with Crippen molar-refractivity contribution >= 4 is 29.9 Å². The zero-order valence-electron chi connectivity index (χ0n) is 15.8. The lowest BCUT2D eigenvalue weighted by Gasteiger charge is -2.15. The molecule has 26 heavy (non-hydrogen) atoms. The lowest BCUT2D eigenvalue weighted by Crippen LogP contribution is -2.36. The molecule has 2 N–H and O–H groups in total. The summed E-state index contributed by atoms with van der Waals surface area (Å²) in [5.74, 6) is 2.22. The quantitative estimate of drug-likeness (QED) is 0.369. The molecule has 0 radical (unpaired) electrons. The second kappa shape index (κ2) is 11.6. The fraction of sp³-hybridized carbons (Fsp3) is 0.350. The first-order valence-electron chi connectivity index (χ1n) is 8.44. The Morgan fingerprint density at radius 1 is 0.923 bits per heavy atom. The van der Waals surface area contributed by atoms with Crippen molar-refractivity contribution in [3.8, 4) is 11.5 Å². The van der Waals surface area contributed by atoms with E-state index in [0.29, 0.717) is 6.54 Å². The molecule has 0 heterocycles. The van der Waals surface area contributed by atoms with Gasteiger partial charge in [0.25, 0.3) is 0 Å². The Kier molecular flexibility index (Phi) is 9.87. The van der Waals surface area contributed by atoms with Crippen molar-refractivity contribution < 1.29 is 9.47 Å². The van der Waals surface area contributed by atoms with E-state index in [-0.39, 0.29) is 24.0 Å². The maximum atomic E-state index is 5.34. The van der Waals surface area contributed by atoms with Gasteiger partial charge < -0.3 is 20.1 Å². The van der Waals surface area contributed by atoms with Crippen molar-refractivity contribution in [3.63, 3.8) is 0 Å². The molecule has 0 unspecified atom stereocenters. The van der Waals surface area contributed by atoms with Crippen LogP contribution in [0, 0.1) is 0 Å². The summed E-state index contributed by atoms with van der Waals surface area (Å²) in [6.45, 7) is 3.56. The molecule has 0 amide bonds. The van der Waals surface area contributed by atoms with Gasteiger partial charge in [0.2, 0.25) is 0 Å². The van der Waals surface area contributed by atoms with Gasteiger partial charge in [0.1, 0.15) is 0 Å². The molecule has 2 rings (SSSR count). The summed E-state index contributed by atoms with van der Waals surface area (Å²) in [6, 6.07) is 14.3. The smallest absolute Gasteiger partial charge is 0.191 e. The van der Waals surface area contributed by atoms with Crippen molar-refractivity contribution in [2.45, 2.75) is 26.4 Å². The molecule has 142 valence electrons. The highest BCUT2D eigenvalue weighted by Crippen LogP contribution is 2.27. The topological polar surface area (TPSA) is 54.9 Å². The monoisotopic (exact) mass is 469 g/mol. The molecular formula is C20H28IN3O2. The van der Waals surface area contributed by atoms with Gasteiger partial charge >= 0.3 is 0 Å². The molecule has 0 saturated carbocycles. The van der Waals surface area contributed by atoms with Crippen LogP contribution in [0.15, 0.2) is 47.5 Å². The van der Waals surface area contributed by atoms with Crippen LogP contribution in [0.25, 0.3) is 0 Å². The van der Waals surface area contributed by atoms with Crippen LogP contribution in [-0.2, 0) is 19.5 Å². The lowest BCUT2D eigenvalue weighted by molar-refractivity contribution is 0.354. The van der Waals surface area contributed by atoms with Crippen molar-refractivity contribution in [2.75, 3.05) is 21.3 Å². The van der Waals surface area contributed by atoms with E-state index in [1.54, 1.807) is 21.3 Å². The molecule has 0 aliphatic carbocycles. The highest BCUT2D eigenvalue weighted by molar-refractivity contribution is 14.0. The highest BCUT2D eigenvalue weighted by Gasteiger charge is 2.06. The Labute approximate surface area is 173 Å². The van der Waals surface area contributed by atoms with Gasteiger partial charge in [-0.25, -0.2) is 0 Å². The van der Waals surface area contributed by atoms with E-state index in [9.17, 15) is 0 Å². The molecule has 0 aliphatic heterocycles. The third-order valence-electron chi connectivity index (χ3n) is 4.08. The predicted octanol–water partition coefficient (Wildman–Crippen LogP) is 3.75. The first-order chi connectivity index (χ1) is 12.2. The van der Waals surface area contributed by atoms with Gasteiger partial charge in [-0.15, -0.1) is 24.0 Å². The van der Waals surface area contributed by atoms with Crippen LogP contribution in [0.4, 0.5) is 0 Å². The molecule has 0 aromatic heterocycles. The summed E-state index contributed by atoms with van der Waals surface area (Å²) in [4.78, 5) is 4.29. The summed E-state index contributed by atoms with van der Waals surface area (Å²) < 4.78 is 10.6. The van der Waals surface area contributed by atoms with E-state index in [1.807, 2.05) is 18.2 Å². The van der Waals surface area contributed by atoms with Crippen molar-refractivity contribution in [1.82, 2.24) is 10.6 Å². The number of methoxy groups -OCH3 is 2. The Balaban J connectivity index is 0.00000338. The van der Waals surface area contributed by atoms with Crippen LogP contribution < -0.4 is 20.1 Å². The van der Waals surface area contributed by atoms with E-state index >= 15 is 0 Å². The lowest BCUT2D eigenvalue weighted by atomic mass is 10.1. The third-order valence-corrected chi connectivity index (χ3v) is 4.08. The average Bonchev–Trinajstić information content (AvgIpc) is 2.68. The molecule has 0 bridgehead atoms. The summed E-state index contributed by atoms with van der Waals surface area (Å²) in [6.07, 6.45) is 1.02. The van der Waals surface area contributed by atoms with Gasteiger partial charge in [0.05, 0.1) is 14.2 Å². The molecule has 0 spiro atoms. The number of hydrogen-bond donors (Lipinski definition) is 2. The first-order valence-corrected chi connectivity index (χ1v) is 8.44. The van der Waals surface area contributed by atoms with Gasteiger partial charge in [-0.3, -0.25) is 4.99 Å². The Hall–Kier alpha value is -1.96. The summed E-state index contributed by atoms with van der Waals surface area (Å²) in [5.41, 5.74) is 3.74. The average molecular weight is 469 g/mol. The van der Waals surface area contributed by atoms with Crippen molar-refractivity contribution in [1.29, 1.82) is 0 Å². The zero-order valence-corrected chi connectivity index (χ0v) is 18.2. The van der Waals surface area contributed by atoms with E-state index in [1.165, 1.54) is 11.1 Å². The molecule has 0 fully saturated rings. The van der Waals surface area contributed by atoms with Crippen molar-refractivity contribution in [3.05, 3.63) is 59.2 Å². The number of aliphatic imine (C=N–C) groups is 1. The number of hydrogen-bond acceptors (Lipinski definition) is 3. The van der Waals surface area contributed by atoms with Crippen LogP contribution in [-0.4, -0.2) is 27.2 Å². The highest BCUT2D eigenvalue weighted by atomic mass is 127. The molecule has 0 saturated heterocycles. The van der Waals surface area contributed by atoms with E-state index in [2.05, 4.69) is 46.8 Å². The summed E-state index contributed by atoms with van der Waals surface area (Å²) in [5, 5.41) is 6.69. The summed E-state index contributed by atoms with van der Waals surface area (Å²) in [7, 11) is 5.05. The Bertz CT molecular complexity index is 720. The van der Waals surface area contributed by atoms with E-state index < -0.39 is 0 Å². The van der Waals surface area contributed by atoms with Gasteiger partial charge in [0.15, 0.2) is 17.5 Å². The standard InChI is InChI=1S/C20H27N3O2.HI/c1-5-16-8-6-7-9-17(16)14-23-20(21-2)22-13-15-10-11-18(24-3)19(12-15)25-4;/h6-12H,5,13-14H2,1-4H3,(H2,21,22,23);1H. The fourth-order valence-electron chi connectivity index (χ4n) is 2.65. The maximum Gasteiger partial charge on any atom is 0.191 e. The van der Waals surface area contributed by atoms with Crippen LogP contribution >= 0.6 is 24.0 Å². The predicted molar refractivity (Wildman–Crippen MR) is 118 cm³/mol. The number of aryl methyl sites for hydroxylation is 1. The second-order valence-electron chi connectivity index (χ2n) is 5.59. The van der Waals surface area contributed by atoms with E-state index in [0.717, 1.165) is 36.0 Å². The summed E-state index contributed by atoms with van der Waals surface area (Å²) >= 11 is 0. The maximum absolute atomic E-state index is 5.34. The van der Waals surface area contributed by atoms with Crippen LogP contribution in [0.3, 0.4) is 0 Å². The van der Waals surface area contributed by atoms with Gasteiger partial charge in [-0.05, 0) is 35.2 Å². The number of rotatable bonds is 7. The largest absolute Gasteiger partial charge is 0.493 e. The van der Waals surface area contributed by atoms with Crippen LogP contribution in [0.1, 0.15) is 23.6 Å². The minimum absolute atomic E-state index is 0. The number of benzene rings is 2. The SMILES string of the molecule is CCc1ccccc1CNC(=NC)NCc1ccc(OC)c(OC)c1.I. The van der Waals surface area contributed by atoms with Crippen LogP contribution in [0.5, 0.6) is 11.5 Å². The number of halogens is 1. The number of ether oxygens (including phenoxy) is 2. The first kappa shape index (κ1) is 22.1. The molecule has 0 atom stereocenters. The number of nitrogens with one attached hydrogen (secondary N) is 2. The van der Waals surface area contributed by atoms with E-state index in [4.69, 9.17) is 9.47 Å². The minimum Gasteiger partial charge on any atom is -0.493 e. The normalized spacial score (nSPS) is 10.7. The van der Waals surface area contributed by atoms with Crippen molar-refractivity contribution in [2.24, 2.45) is 4.99 Å².